The van der Waals surface area contributed by atoms with E-state index in [-0.39, 0.29) is 0 Å². The lowest BCUT2D eigenvalue weighted by Gasteiger charge is -2.04. The molecule has 0 unspecified atom stereocenters. The Morgan fingerprint density at radius 1 is 0.591 bits per heavy atom. The zero-order valence-corrected chi connectivity index (χ0v) is 15.7. The molecule has 0 saturated heterocycles. The first kappa shape index (κ1) is 21.5. The van der Waals surface area contributed by atoms with E-state index in [0.717, 1.165) is 0 Å². The molecule has 0 heterocycles. The van der Waals surface area contributed by atoms with Crippen molar-refractivity contribution in [2.24, 2.45) is 0 Å². The third-order valence-electron chi connectivity index (χ3n) is 4.40. The SMILES string of the molecule is C=C(CCC)CCCCCCCCCC/C=C\CCCCC. The standard InChI is InChI=1S/C22H42/c1-4-6-7-8-9-10-11-12-13-14-15-16-17-18-19-21-22(3)20-5-2/h9-10H,3-8,11-21H2,1-2H3/b10-9-. The topological polar surface area (TPSA) is 0 Å². The van der Waals surface area contributed by atoms with Crippen LogP contribution in [0.1, 0.15) is 117 Å². The summed E-state index contributed by atoms with van der Waals surface area (Å²) in [7, 11) is 0. The summed E-state index contributed by atoms with van der Waals surface area (Å²) in [5.74, 6) is 0. The zero-order valence-electron chi connectivity index (χ0n) is 15.7. The van der Waals surface area contributed by atoms with Gasteiger partial charge in [0.15, 0.2) is 0 Å². The Labute approximate surface area is 141 Å². The third kappa shape index (κ3) is 17.5. The molecule has 0 amide bonds. The van der Waals surface area contributed by atoms with Crippen molar-refractivity contribution in [2.75, 3.05) is 0 Å². The van der Waals surface area contributed by atoms with Crippen LogP contribution in [0.15, 0.2) is 24.3 Å². The van der Waals surface area contributed by atoms with Crippen LogP contribution in [0, 0.1) is 0 Å². The Morgan fingerprint density at radius 2 is 1.09 bits per heavy atom. The summed E-state index contributed by atoms with van der Waals surface area (Å²) in [5.41, 5.74) is 1.46. The van der Waals surface area contributed by atoms with E-state index in [1.807, 2.05) is 0 Å². The van der Waals surface area contributed by atoms with Crippen LogP contribution in [0.25, 0.3) is 0 Å². The van der Waals surface area contributed by atoms with E-state index >= 15 is 0 Å². The van der Waals surface area contributed by atoms with Gasteiger partial charge in [-0.15, -0.1) is 0 Å². The molecule has 130 valence electrons. The van der Waals surface area contributed by atoms with Crippen LogP contribution < -0.4 is 0 Å². The van der Waals surface area contributed by atoms with Gasteiger partial charge in [-0.3, -0.25) is 0 Å². The molecule has 0 atom stereocenters. The summed E-state index contributed by atoms with van der Waals surface area (Å²) < 4.78 is 0. The summed E-state index contributed by atoms with van der Waals surface area (Å²) in [6.45, 7) is 8.66. The van der Waals surface area contributed by atoms with Crippen LogP contribution in [0.4, 0.5) is 0 Å². The molecule has 0 aliphatic heterocycles. The molecule has 0 radical (unpaired) electrons. The zero-order chi connectivity index (χ0) is 16.3. The van der Waals surface area contributed by atoms with Crippen molar-refractivity contribution in [3.8, 4) is 0 Å². The predicted molar refractivity (Wildman–Crippen MR) is 104 cm³/mol. The molecular formula is C22H42. The molecule has 0 aliphatic carbocycles. The van der Waals surface area contributed by atoms with Gasteiger partial charge < -0.3 is 0 Å². The van der Waals surface area contributed by atoms with E-state index < -0.39 is 0 Å². The van der Waals surface area contributed by atoms with Gasteiger partial charge in [-0.05, 0) is 44.9 Å². The number of rotatable bonds is 17. The Morgan fingerprint density at radius 3 is 1.64 bits per heavy atom. The number of unbranched alkanes of at least 4 members (excludes halogenated alkanes) is 11. The van der Waals surface area contributed by atoms with Crippen molar-refractivity contribution in [1.82, 2.24) is 0 Å². The summed E-state index contributed by atoms with van der Waals surface area (Å²) in [5, 5.41) is 0. The maximum absolute atomic E-state index is 4.14. The molecule has 0 bridgehead atoms. The largest absolute Gasteiger partial charge is 0.0999 e. The van der Waals surface area contributed by atoms with Gasteiger partial charge in [-0.25, -0.2) is 0 Å². The molecule has 0 nitrogen and oxygen atoms in total. The third-order valence-corrected chi connectivity index (χ3v) is 4.40. The lowest BCUT2D eigenvalue weighted by molar-refractivity contribution is 0.566. The summed E-state index contributed by atoms with van der Waals surface area (Å²) >= 11 is 0. The minimum atomic E-state index is 1.23. The van der Waals surface area contributed by atoms with Crippen molar-refractivity contribution in [3.05, 3.63) is 24.3 Å². The minimum Gasteiger partial charge on any atom is -0.0999 e. The average molecular weight is 307 g/mol. The van der Waals surface area contributed by atoms with Gasteiger partial charge in [0, 0.05) is 0 Å². The van der Waals surface area contributed by atoms with E-state index in [9.17, 15) is 0 Å². The van der Waals surface area contributed by atoms with Crippen molar-refractivity contribution >= 4 is 0 Å². The molecule has 0 saturated carbocycles. The van der Waals surface area contributed by atoms with Gasteiger partial charge in [0.05, 0.1) is 0 Å². The molecule has 0 spiro atoms. The van der Waals surface area contributed by atoms with Crippen LogP contribution in [-0.4, -0.2) is 0 Å². The summed E-state index contributed by atoms with van der Waals surface area (Å²) in [6.07, 6.45) is 26.5. The molecular weight excluding hydrogens is 264 g/mol. The first-order valence-electron chi connectivity index (χ1n) is 10.1. The average Bonchev–Trinajstić information content (AvgIpc) is 2.51. The Balaban J connectivity index is 3.09. The molecule has 0 N–H and O–H groups in total. The Kier molecular flexibility index (Phi) is 18.1. The molecule has 0 aromatic carbocycles. The van der Waals surface area contributed by atoms with Crippen molar-refractivity contribution in [2.45, 2.75) is 117 Å². The van der Waals surface area contributed by atoms with E-state index in [1.165, 1.54) is 108 Å². The Bertz CT molecular complexity index is 249. The van der Waals surface area contributed by atoms with Crippen molar-refractivity contribution < 1.29 is 0 Å². The van der Waals surface area contributed by atoms with Crippen LogP contribution in [0.3, 0.4) is 0 Å². The van der Waals surface area contributed by atoms with Crippen LogP contribution in [-0.2, 0) is 0 Å². The fourth-order valence-corrected chi connectivity index (χ4v) is 2.92. The van der Waals surface area contributed by atoms with Crippen molar-refractivity contribution in [1.29, 1.82) is 0 Å². The van der Waals surface area contributed by atoms with Crippen LogP contribution in [0.5, 0.6) is 0 Å². The number of hydrogen-bond acceptors (Lipinski definition) is 0. The highest BCUT2D eigenvalue weighted by Crippen LogP contribution is 2.15. The highest BCUT2D eigenvalue weighted by molar-refractivity contribution is 4.92. The second kappa shape index (κ2) is 18.5. The maximum Gasteiger partial charge on any atom is -0.0323 e. The molecule has 0 fully saturated rings. The summed E-state index contributed by atoms with van der Waals surface area (Å²) in [4.78, 5) is 0. The van der Waals surface area contributed by atoms with Gasteiger partial charge in [0.1, 0.15) is 0 Å². The predicted octanol–water partition coefficient (Wildman–Crippen LogP) is 8.38. The smallest absolute Gasteiger partial charge is 0.0323 e. The molecule has 0 aromatic heterocycles. The lowest BCUT2D eigenvalue weighted by atomic mass is 10.0. The van der Waals surface area contributed by atoms with Gasteiger partial charge in [-0.1, -0.05) is 95.9 Å². The molecule has 22 heavy (non-hydrogen) atoms. The highest BCUT2D eigenvalue weighted by Gasteiger charge is 1.95. The van der Waals surface area contributed by atoms with Gasteiger partial charge in [0.25, 0.3) is 0 Å². The fourth-order valence-electron chi connectivity index (χ4n) is 2.92. The minimum absolute atomic E-state index is 1.23. The second-order valence-electron chi connectivity index (χ2n) is 6.83. The van der Waals surface area contributed by atoms with Crippen molar-refractivity contribution in [3.63, 3.8) is 0 Å². The summed E-state index contributed by atoms with van der Waals surface area (Å²) in [6, 6.07) is 0. The van der Waals surface area contributed by atoms with Gasteiger partial charge in [-0.2, -0.15) is 0 Å². The fraction of sp³-hybridized carbons (Fsp3) is 0.818. The normalized spacial score (nSPS) is 11.4. The lowest BCUT2D eigenvalue weighted by Crippen LogP contribution is -1.84. The first-order chi connectivity index (χ1) is 10.8. The number of allylic oxidation sites excluding steroid dienone is 3. The molecule has 0 heteroatoms. The maximum atomic E-state index is 4.14. The Hall–Kier alpha value is -0.520. The van der Waals surface area contributed by atoms with E-state index in [1.54, 1.807) is 0 Å². The highest BCUT2D eigenvalue weighted by atomic mass is 14.0. The molecule has 0 aromatic rings. The molecule has 0 aliphatic rings. The van der Waals surface area contributed by atoms with Gasteiger partial charge in [0.2, 0.25) is 0 Å². The van der Waals surface area contributed by atoms with Gasteiger partial charge >= 0.3 is 0 Å². The quantitative estimate of drug-likeness (QED) is 0.187. The van der Waals surface area contributed by atoms with E-state index in [0.29, 0.717) is 0 Å². The second-order valence-corrected chi connectivity index (χ2v) is 6.83. The number of hydrogen-bond donors (Lipinski definition) is 0. The first-order valence-corrected chi connectivity index (χ1v) is 10.1. The molecule has 0 rings (SSSR count). The van der Waals surface area contributed by atoms with Crippen LogP contribution >= 0.6 is 0 Å². The van der Waals surface area contributed by atoms with Crippen LogP contribution in [0.2, 0.25) is 0 Å². The monoisotopic (exact) mass is 306 g/mol. The van der Waals surface area contributed by atoms with E-state index in [2.05, 4.69) is 32.6 Å². The van der Waals surface area contributed by atoms with E-state index in [4.69, 9.17) is 0 Å².